The zero-order valence-electron chi connectivity index (χ0n) is 16.2. The van der Waals surface area contributed by atoms with Gasteiger partial charge in [0, 0.05) is 18.9 Å². The SMILES string of the molecule is CN(C)CC1CC(Cc2ccc(F)cc2)CCC1(O)Cc1cccc(F)c1. The van der Waals surface area contributed by atoms with Gasteiger partial charge in [0.2, 0.25) is 0 Å². The zero-order chi connectivity index (χ0) is 19.4. The molecule has 2 aromatic carbocycles. The Kier molecular flexibility index (Phi) is 6.28. The maximum absolute atomic E-state index is 13.6. The van der Waals surface area contributed by atoms with Crippen LogP contribution < -0.4 is 0 Å². The molecule has 0 spiro atoms. The van der Waals surface area contributed by atoms with Crippen LogP contribution in [0.2, 0.25) is 0 Å². The summed E-state index contributed by atoms with van der Waals surface area (Å²) in [6.45, 7) is 0.797. The quantitative estimate of drug-likeness (QED) is 0.808. The van der Waals surface area contributed by atoms with E-state index in [1.165, 1.54) is 24.3 Å². The Hall–Kier alpha value is -1.78. The van der Waals surface area contributed by atoms with E-state index >= 15 is 0 Å². The van der Waals surface area contributed by atoms with Crippen molar-refractivity contribution in [1.29, 1.82) is 0 Å². The second-order valence-corrected chi connectivity index (χ2v) is 8.34. The summed E-state index contributed by atoms with van der Waals surface area (Å²) in [6, 6.07) is 13.3. The van der Waals surface area contributed by atoms with Crippen molar-refractivity contribution in [1.82, 2.24) is 4.90 Å². The summed E-state index contributed by atoms with van der Waals surface area (Å²) >= 11 is 0. The summed E-state index contributed by atoms with van der Waals surface area (Å²) in [4.78, 5) is 2.11. The maximum Gasteiger partial charge on any atom is 0.123 e. The highest BCUT2D eigenvalue weighted by Gasteiger charge is 2.42. The van der Waals surface area contributed by atoms with Crippen LogP contribution in [0.1, 0.15) is 30.4 Å². The van der Waals surface area contributed by atoms with Crippen LogP contribution in [0.3, 0.4) is 0 Å². The smallest absolute Gasteiger partial charge is 0.123 e. The minimum atomic E-state index is -0.822. The molecular formula is C23H29F2NO. The fraction of sp³-hybridized carbons (Fsp3) is 0.478. The minimum absolute atomic E-state index is 0.120. The van der Waals surface area contributed by atoms with E-state index in [4.69, 9.17) is 0 Å². The molecule has 2 nitrogen and oxygen atoms in total. The topological polar surface area (TPSA) is 23.5 Å². The van der Waals surface area contributed by atoms with Crippen LogP contribution in [-0.4, -0.2) is 36.2 Å². The van der Waals surface area contributed by atoms with E-state index in [-0.39, 0.29) is 17.6 Å². The highest BCUT2D eigenvalue weighted by atomic mass is 19.1. The molecule has 3 atom stereocenters. The van der Waals surface area contributed by atoms with E-state index in [2.05, 4.69) is 4.90 Å². The first-order valence-corrected chi connectivity index (χ1v) is 9.70. The van der Waals surface area contributed by atoms with Gasteiger partial charge in [-0.25, -0.2) is 8.78 Å². The number of hydrogen-bond donors (Lipinski definition) is 1. The number of nitrogens with zero attached hydrogens (tertiary/aromatic N) is 1. The monoisotopic (exact) mass is 373 g/mol. The molecule has 0 aromatic heterocycles. The van der Waals surface area contributed by atoms with Crippen LogP contribution >= 0.6 is 0 Å². The predicted molar refractivity (Wildman–Crippen MR) is 105 cm³/mol. The number of halogens is 2. The van der Waals surface area contributed by atoms with Crippen molar-refractivity contribution >= 4 is 0 Å². The van der Waals surface area contributed by atoms with E-state index in [1.54, 1.807) is 6.07 Å². The summed E-state index contributed by atoms with van der Waals surface area (Å²) < 4.78 is 26.7. The normalized spacial score (nSPS) is 25.7. The van der Waals surface area contributed by atoms with Crippen LogP contribution in [0.25, 0.3) is 0 Å². The molecule has 3 unspecified atom stereocenters. The molecular weight excluding hydrogens is 344 g/mol. The molecule has 1 saturated carbocycles. The Labute approximate surface area is 160 Å². The summed E-state index contributed by atoms with van der Waals surface area (Å²) in [5.74, 6) is 0.116. The molecule has 0 radical (unpaired) electrons. The number of rotatable bonds is 6. The fourth-order valence-corrected chi connectivity index (χ4v) is 4.46. The largest absolute Gasteiger partial charge is 0.389 e. The first-order chi connectivity index (χ1) is 12.8. The lowest BCUT2D eigenvalue weighted by atomic mass is 9.67. The Balaban J connectivity index is 1.72. The summed E-state index contributed by atoms with van der Waals surface area (Å²) in [6.07, 6.45) is 3.93. The predicted octanol–water partition coefficient (Wildman–Crippen LogP) is 4.46. The molecule has 1 aliphatic rings. The number of benzene rings is 2. The van der Waals surface area contributed by atoms with E-state index < -0.39 is 5.60 Å². The summed E-state index contributed by atoms with van der Waals surface area (Å²) in [7, 11) is 4.04. The summed E-state index contributed by atoms with van der Waals surface area (Å²) in [5.41, 5.74) is 1.16. The van der Waals surface area contributed by atoms with Crippen molar-refractivity contribution in [3.05, 3.63) is 71.3 Å². The first-order valence-electron chi connectivity index (χ1n) is 9.70. The molecule has 0 aliphatic heterocycles. The Bertz CT molecular complexity index is 746. The molecule has 1 fully saturated rings. The Morgan fingerprint density at radius 3 is 2.44 bits per heavy atom. The van der Waals surface area contributed by atoms with Gasteiger partial charge >= 0.3 is 0 Å². The van der Waals surface area contributed by atoms with Gasteiger partial charge in [-0.1, -0.05) is 24.3 Å². The maximum atomic E-state index is 13.6. The van der Waals surface area contributed by atoms with Gasteiger partial charge in [-0.15, -0.1) is 0 Å². The van der Waals surface area contributed by atoms with E-state index in [0.29, 0.717) is 18.8 Å². The Morgan fingerprint density at radius 2 is 1.78 bits per heavy atom. The second kappa shape index (κ2) is 8.49. The van der Waals surface area contributed by atoms with E-state index in [0.717, 1.165) is 36.9 Å². The van der Waals surface area contributed by atoms with Crippen molar-refractivity contribution in [2.24, 2.45) is 11.8 Å². The van der Waals surface area contributed by atoms with E-state index in [1.807, 2.05) is 32.3 Å². The van der Waals surface area contributed by atoms with Crippen molar-refractivity contribution in [3.63, 3.8) is 0 Å². The van der Waals surface area contributed by atoms with Crippen molar-refractivity contribution < 1.29 is 13.9 Å². The lowest BCUT2D eigenvalue weighted by molar-refractivity contribution is -0.0686. The third-order valence-electron chi connectivity index (χ3n) is 5.79. The van der Waals surface area contributed by atoms with Crippen LogP contribution in [0.4, 0.5) is 8.78 Å². The van der Waals surface area contributed by atoms with Gasteiger partial charge in [0.25, 0.3) is 0 Å². The van der Waals surface area contributed by atoms with E-state index in [9.17, 15) is 13.9 Å². The standard InChI is InChI=1S/C23H29F2NO/c1-26(2)16-20-13-18(12-17-6-8-21(24)9-7-17)10-11-23(20,27)15-19-4-3-5-22(25)14-19/h3-9,14,18,20,27H,10-13,15-16H2,1-2H3. The molecule has 1 N–H and O–H groups in total. The highest BCUT2D eigenvalue weighted by Crippen LogP contribution is 2.41. The average Bonchev–Trinajstić information content (AvgIpc) is 2.60. The third-order valence-corrected chi connectivity index (χ3v) is 5.79. The lowest BCUT2D eigenvalue weighted by Gasteiger charge is -2.44. The van der Waals surface area contributed by atoms with Crippen LogP contribution in [0.15, 0.2) is 48.5 Å². The molecule has 2 aromatic rings. The minimum Gasteiger partial charge on any atom is -0.389 e. The lowest BCUT2D eigenvalue weighted by Crippen LogP contribution is -2.49. The molecule has 3 rings (SSSR count). The molecule has 146 valence electrons. The van der Waals surface area contributed by atoms with Gasteiger partial charge in [-0.2, -0.15) is 0 Å². The first kappa shape index (κ1) is 20.0. The van der Waals surface area contributed by atoms with Gasteiger partial charge in [0.05, 0.1) is 5.60 Å². The van der Waals surface area contributed by atoms with Crippen LogP contribution in [0.5, 0.6) is 0 Å². The van der Waals surface area contributed by atoms with Crippen molar-refractivity contribution in [2.75, 3.05) is 20.6 Å². The summed E-state index contributed by atoms with van der Waals surface area (Å²) in [5, 5.41) is 11.4. The molecule has 0 saturated heterocycles. The van der Waals surface area contributed by atoms with Gasteiger partial charge in [-0.3, -0.25) is 0 Å². The fourth-order valence-electron chi connectivity index (χ4n) is 4.46. The molecule has 4 heteroatoms. The van der Waals surface area contributed by atoms with Crippen LogP contribution in [-0.2, 0) is 12.8 Å². The molecule has 0 amide bonds. The Morgan fingerprint density at radius 1 is 1.04 bits per heavy atom. The zero-order valence-corrected chi connectivity index (χ0v) is 16.2. The van der Waals surface area contributed by atoms with Gasteiger partial charge in [-0.05, 0) is 81.1 Å². The van der Waals surface area contributed by atoms with Crippen molar-refractivity contribution in [3.8, 4) is 0 Å². The van der Waals surface area contributed by atoms with Gasteiger partial charge < -0.3 is 10.0 Å². The van der Waals surface area contributed by atoms with Crippen LogP contribution in [0, 0.1) is 23.5 Å². The second-order valence-electron chi connectivity index (χ2n) is 8.34. The molecule has 0 bridgehead atoms. The number of aliphatic hydroxyl groups is 1. The average molecular weight is 373 g/mol. The van der Waals surface area contributed by atoms with Crippen molar-refractivity contribution in [2.45, 2.75) is 37.7 Å². The van der Waals surface area contributed by atoms with Gasteiger partial charge in [0.1, 0.15) is 11.6 Å². The number of hydrogen-bond acceptors (Lipinski definition) is 2. The van der Waals surface area contributed by atoms with Gasteiger partial charge in [0.15, 0.2) is 0 Å². The third kappa shape index (κ3) is 5.36. The molecule has 27 heavy (non-hydrogen) atoms. The molecule has 1 aliphatic carbocycles. The highest BCUT2D eigenvalue weighted by molar-refractivity contribution is 5.20. The molecule has 0 heterocycles.